The van der Waals surface area contributed by atoms with E-state index < -0.39 is 0 Å². The van der Waals surface area contributed by atoms with Gasteiger partial charge in [-0.2, -0.15) is 0 Å². The van der Waals surface area contributed by atoms with E-state index in [-0.39, 0.29) is 11.7 Å². The van der Waals surface area contributed by atoms with Gasteiger partial charge in [0.2, 0.25) is 0 Å². The molecule has 0 aromatic carbocycles. The molecular formula is C20H34O3. The van der Waals surface area contributed by atoms with Crippen LogP contribution in [0.4, 0.5) is 0 Å². The van der Waals surface area contributed by atoms with Gasteiger partial charge in [-0.05, 0) is 68.8 Å². The number of hydrogen-bond acceptors (Lipinski definition) is 3. The maximum absolute atomic E-state index is 6.01. The number of methoxy groups -OCH3 is 1. The van der Waals surface area contributed by atoms with Gasteiger partial charge >= 0.3 is 0 Å². The summed E-state index contributed by atoms with van der Waals surface area (Å²) in [5.74, 6) is 2.47. The zero-order valence-corrected chi connectivity index (χ0v) is 15.2. The highest BCUT2D eigenvalue weighted by molar-refractivity contribution is 5.02. The van der Waals surface area contributed by atoms with E-state index in [0.717, 1.165) is 25.0 Å². The maximum atomic E-state index is 6.01. The van der Waals surface area contributed by atoms with Gasteiger partial charge in [-0.1, -0.05) is 13.8 Å². The molecule has 0 aromatic rings. The lowest BCUT2D eigenvalue weighted by molar-refractivity contribution is -0.247. The third-order valence-corrected chi connectivity index (χ3v) is 6.10. The molecule has 3 rings (SSSR count). The first-order chi connectivity index (χ1) is 11.1. The van der Waals surface area contributed by atoms with Crippen molar-refractivity contribution in [3.8, 4) is 0 Å². The Kier molecular flexibility index (Phi) is 5.69. The molecule has 3 heteroatoms. The Balaban J connectivity index is 1.42. The molecule has 132 valence electrons. The molecule has 0 aromatic heterocycles. The van der Waals surface area contributed by atoms with E-state index in [1.807, 2.05) is 6.26 Å². The lowest BCUT2D eigenvalue weighted by Gasteiger charge is -2.42. The predicted octanol–water partition coefficient (Wildman–Crippen LogP) is 4.91. The molecule has 0 spiro atoms. The van der Waals surface area contributed by atoms with Crippen LogP contribution in [-0.2, 0) is 14.2 Å². The van der Waals surface area contributed by atoms with E-state index in [0.29, 0.717) is 5.92 Å². The Morgan fingerprint density at radius 1 is 0.870 bits per heavy atom. The fourth-order valence-corrected chi connectivity index (χ4v) is 4.63. The first kappa shape index (κ1) is 17.3. The molecule has 0 atom stereocenters. The van der Waals surface area contributed by atoms with Crippen LogP contribution in [0.3, 0.4) is 0 Å². The molecular weight excluding hydrogens is 288 g/mol. The second-order valence-electron chi connectivity index (χ2n) is 8.68. The van der Waals surface area contributed by atoms with Crippen LogP contribution >= 0.6 is 0 Å². The average molecular weight is 322 g/mol. The highest BCUT2D eigenvalue weighted by Crippen LogP contribution is 2.43. The Hall–Kier alpha value is -0.540. The van der Waals surface area contributed by atoms with Gasteiger partial charge in [0.25, 0.3) is 0 Å². The van der Waals surface area contributed by atoms with Crippen molar-refractivity contribution in [3.05, 3.63) is 11.8 Å². The summed E-state index contributed by atoms with van der Waals surface area (Å²) in [6.07, 6.45) is 12.5. The monoisotopic (exact) mass is 322 g/mol. The Labute approximate surface area is 141 Å². The van der Waals surface area contributed by atoms with Gasteiger partial charge in [0.1, 0.15) is 0 Å². The third-order valence-electron chi connectivity index (χ3n) is 6.10. The lowest BCUT2D eigenvalue weighted by atomic mass is 9.70. The molecule has 0 bridgehead atoms. The fourth-order valence-electron chi connectivity index (χ4n) is 4.63. The zero-order chi connectivity index (χ0) is 16.3. The summed E-state index contributed by atoms with van der Waals surface area (Å²) in [4.78, 5) is 0. The molecule has 0 radical (unpaired) electrons. The van der Waals surface area contributed by atoms with Crippen molar-refractivity contribution in [2.75, 3.05) is 20.3 Å². The summed E-state index contributed by atoms with van der Waals surface area (Å²) < 4.78 is 17.2. The van der Waals surface area contributed by atoms with Crippen LogP contribution in [0.5, 0.6) is 0 Å². The normalized spacial score (nSPS) is 35.8. The van der Waals surface area contributed by atoms with E-state index in [4.69, 9.17) is 14.2 Å². The van der Waals surface area contributed by atoms with Crippen LogP contribution in [0, 0.1) is 23.2 Å². The van der Waals surface area contributed by atoms with Crippen LogP contribution in [0.1, 0.15) is 65.2 Å². The second kappa shape index (κ2) is 7.57. The topological polar surface area (TPSA) is 27.7 Å². The molecule has 0 unspecified atom stereocenters. The van der Waals surface area contributed by atoms with Gasteiger partial charge in [0.05, 0.1) is 26.6 Å². The molecule has 23 heavy (non-hydrogen) atoms. The van der Waals surface area contributed by atoms with Crippen LogP contribution in [-0.4, -0.2) is 26.6 Å². The molecule has 2 aliphatic carbocycles. The summed E-state index contributed by atoms with van der Waals surface area (Å²) in [6.45, 7) is 6.12. The first-order valence-electron chi connectivity index (χ1n) is 9.51. The van der Waals surface area contributed by atoms with E-state index in [2.05, 4.69) is 13.8 Å². The predicted molar refractivity (Wildman–Crippen MR) is 92.0 cm³/mol. The summed E-state index contributed by atoms with van der Waals surface area (Å²) >= 11 is 0. The van der Waals surface area contributed by atoms with Crippen molar-refractivity contribution >= 4 is 0 Å². The average Bonchev–Trinajstić information content (AvgIpc) is 2.56. The summed E-state index contributed by atoms with van der Waals surface area (Å²) in [6, 6.07) is 0. The van der Waals surface area contributed by atoms with Crippen molar-refractivity contribution in [2.45, 2.75) is 71.5 Å². The van der Waals surface area contributed by atoms with Crippen molar-refractivity contribution in [3.63, 3.8) is 0 Å². The quantitative estimate of drug-likeness (QED) is 0.691. The molecule has 1 heterocycles. The van der Waals surface area contributed by atoms with E-state index in [1.165, 1.54) is 56.9 Å². The Bertz CT molecular complexity index is 387. The SMILES string of the molecule is COC=C1CCC(C2CCC(C3OCC(C)(C)CO3)CC2)CC1. The highest BCUT2D eigenvalue weighted by atomic mass is 16.7. The van der Waals surface area contributed by atoms with Gasteiger partial charge in [0.15, 0.2) is 6.29 Å². The van der Waals surface area contributed by atoms with Gasteiger partial charge in [-0.25, -0.2) is 0 Å². The van der Waals surface area contributed by atoms with Crippen molar-refractivity contribution in [2.24, 2.45) is 23.2 Å². The van der Waals surface area contributed by atoms with Gasteiger partial charge in [0, 0.05) is 11.3 Å². The van der Waals surface area contributed by atoms with Crippen LogP contribution < -0.4 is 0 Å². The molecule has 1 saturated heterocycles. The smallest absolute Gasteiger partial charge is 0.160 e. The molecule has 0 amide bonds. The molecule has 3 aliphatic rings. The minimum Gasteiger partial charge on any atom is -0.504 e. The van der Waals surface area contributed by atoms with Gasteiger partial charge < -0.3 is 14.2 Å². The van der Waals surface area contributed by atoms with Crippen LogP contribution in [0.2, 0.25) is 0 Å². The fraction of sp³-hybridized carbons (Fsp3) is 0.900. The Morgan fingerprint density at radius 2 is 1.39 bits per heavy atom. The molecule has 3 fully saturated rings. The standard InChI is InChI=1S/C20H34O3/c1-20(2)13-22-19(23-14-20)18-10-8-17(9-11-18)16-6-4-15(5-7-16)12-21-3/h12,16-19H,4-11,13-14H2,1-3H3. The lowest BCUT2D eigenvalue weighted by Crippen LogP contribution is -2.42. The van der Waals surface area contributed by atoms with E-state index >= 15 is 0 Å². The molecule has 3 nitrogen and oxygen atoms in total. The maximum Gasteiger partial charge on any atom is 0.160 e. The third kappa shape index (κ3) is 4.51. The van der Waals surface area contributed by atoms with Crippen molar-refractivity contribution < 1.29 is 14.2 Å². The number of rotatable bonds is 3. The van der Waals surface area contributed by atoms with Crippen molar-refractivity contribution in [1.29, 1.82) is 0 Å². The number of allylic oxidation sites excluding steroid dienone is 1. The number of ether oxygens (including phenoxy) is 3. The van der Waals surface area contributed by atoms with Crippen LogP contribution in [0.15, 0.2) is 11.8 Å². The highest BCUT2D eigenvalue weighted by Gasteiger charge is 2.36. The van der Waals surface area contributed by atoms with Crippen LogP contribution in [0.25, 0.3) is 0 Å². The minimum atomic E-state index is 0.0616. The van der Waals surface area contributed by atoms with Gasteiger partial charge in [-0.3, -0.25) is 0 Å². The minimum absolute atomic E-state index is 0.0616. The largest absolute Gasteiger partial charge is 0.504 e. The summed E-state index contributed by atoms with van der Waals surface area (Å²) in [7, 11) is 1.76. The first-order valence-corrected chi connectivity index (χ1v) is 9.51. The zero-order valence-electron chi connectivity index (χ0n) is 15.2. The van der Waals surface area contributed by atoms with Crippen molar-refractivity contribution in [1.82, 2.24) is 0 Å². The van der Waals surface area contributed by atoms with E-state index in [1.54, 1.807) is 7.11 Å². The van der Waals surface area contributed by atoms with Gasteiger partial charge in [-0.15, -0.1) is 0 Å². The van der Waals surface area contributed by atoms with E-state index in [9.17, 15) is 0 Å². The Morgan fingerprint density at radius 3 is 1.96 bits per heavy atom. The molecule has 1 aliphatic heterocycles. The molecule has 0 N–H and O–H groups in total. The number of hydrogen-bond donors (Lipinski definition) is 0. The summed E-state index contributed by atoms with van der Waals surface area (Å²) in [5, 5.41) is 0. The molecule has 2 saturated carbocycles. The summed E-state index contributed by atoms with van der Waals surface area (Å²) in [5.41, 5.74) is 1.69. The second-order valence-corrected chi connectivity index (χ2v) is 8.68.